The van der Waals surface area contributed by atoms with E-state index in [1.807, 2.05) is 14.1 Å². The molecular weight excluding hydrogens is 242 g/mol. The molecule has 0 radical (unpaired) electrons. The molecular formula is C13H25N5O. The monoisotopic (exact) mass is 267 g/mol. The summed E-state index contributed by atoms with van der Waals surface area (Å²) in [7, 11) is 3.88. The first kappa shape index (κ1) is 14.4. The molecule has 1 aliphatic carbocycles. The lowest BCUT2D eigenvalue weighted by molar-refractivity contribution is -0.0126. The lowest BCUT2D eigenvalue weighted by Crippen LogP contribution is -2.42. The predicted molar refractivity (Wildman–Crippen MR) is 72.5 cm³/mol. The number of likely N-dealkylation sites (N-methyl/N-ethyl adjacent to an activating group) is 1. The predicted octanol–water partition coefficient (Wildman–Crippen LogP) is 1.29. The van der Waals surface area contributed by atoms with E-state index in [4.69, 9.17) is 0 Å². The number of aromatic nitrogens is 4. The molecule has 0 spiro atoms. The van der Waals surface area contributed by atoms with Gasteiger partial charge >= 0.3 is 0 Å². The van der Waals surface area contributed by atoms with Gasteiger partial charge in [0, 0.05) is 13.6 Å². The minimum atomic E-state index is -0.550. The molecule has 0 aromatic carbocycles. The number of nitrogens with zero attached hydrogens (tertiary/aromatic N) is 5. The zero-order valence-electron chi connectivity index (χ0n) is 12.2. The molecule has 19 heavy (non-hydrogen) atoms. The highest BCUT2D eigenvalue weighted by Gasteiger charge is 2.31. The topological polar surface area (TPSA) is 67.1 Å². The number of aliphatic hydroxyl groups is 1. The summed E-state index contributed by atoms with van der Waals surface area (Å²) in [5.41, 5.74) is -0.550. The van der Waals surface area contributed by atoms with Gasteiger partial charge in [-0.15, -0.1) is 5.10 Å². The van der Waals surface area contributed by atoms with E-state index in [0.29, 0.717) is 6.54 Å². The van der Waals surface area contributed by atoms with Crippen molar-refractivity contribution < 1.29 is 5.11 Å². The molecule has 1 aromatic heterocycles. The van der Waals surface area contributed by atoms with Crippen LogP contribution in [0, 0.1) is 0 Å². The average molecular weight is 267 g/mol. The van der Waals surface area contributed by atoms with Gasteiger partial charge in [0.1, 0.15) is 0 Å². The van der Waals surface area contributed by atoms with E-state index < -0.39 is 5.60 Å². The first-order chi connectivity index (χ1) is 9.02. The van der Waals surface area contributed by atoms with Crippen LogP contribution in [0.1, 0.15) is 57.3 Å². The van der Waals surface area contributed by atoms with E-state index in [1.54, 1.807) is 4.68 Å². The standard InChI is InChI=1S/C13H25N5O/c1-11(12-14-15-16-18(12)3)17(2)10-13(19)8-6-4-5-7-9-13/h11,19H,4-10H2,1-3H3. The van der Waals surface area contributed by atoms with Crippen molar-refractivity contribution in [3.05, 3.63) is 5.82 Å². The fourth-order valence-corrected chi connectivity index (χ4v) is 2.93. The van der Waals surface area contributed by atoms with E-state index in [0.717, 1.165) is 31.5 Å². The number of hydrogen-bond donors (Lipinski definition) is 1. The van der Waals surface area contributed by atoms with Crippen LogP contribution in [0.25, 0.3) is 0 Å². The number of aryl methyl sites for hydroxylation is 1. The Labute approximate surface area is 114 Å². The second kappa shape index (κ2) is 5.96. The minimum Gasteiger partial charge on any atom is -0.389 e. The van der Waals surface area contributed by atoms with Crippen LogP contribution in [0.3, 0.4) is 0 Å². The zero-order chi connectivity index (χ0) is 13.9. The largest absolute Gasteiger partial charge is 0.389 e. The smallest absolute Gasteiger partial charge is 0.167 e. The van der Waals surface area contributed by atoms with E-state index >= 15 is 0 Å². The Morgan fingerprint density at radius 2 is 1.95 bits per heavy atom. The summed E-state index contributed by atoms with van der Waals surface area (Å²) in [6.07, 6.45) is 6.56. The number of rotatable bonds is 4. The fraction of sp³-hybridized carbons (Fsp3) is 0.923. The summed E-state index contributed by atoms with van der Waals surface area (Å²) < 4.78 is 1.69. The van der Waals surface area contributed by atoms with Crippen LogP contribution in [0.5, 0.6) is 0 Å². The molecule has 1 N–H and O–H groups in total. The highest BCUT2D eigenvalue weighted by atomic mass is 16.3. The lowest BCUT2D eigenvalue weighted by Gasteiger charge is -2.34. The van der Waals surface area contributed by atoms with Gasteiger partial charge in [0.05, 0.1) is 11.6 Å². The summed E-state index contributed by atoms with van der Waals surface area (Å²) in [6.45, 7) is 2.76. The Hall–Kier alpha value is -1.01. The SMILES string of the molecule is CC(c1nnnn1C)N(C)CC1(O)CCCCCC1. The van der Waals surface area contributed by atoms with Crippen LogP contribution in [0.15, 0.2) is 0 Å². The van der Waals surface area contributed by atoms with Gasteiger partial charge in [-0.25, -0.2) is 4.68 Å². The Bertz CT molecular complexity index is 397. The maximum atomic E-state index is 10.7. The average Bonchev–Trinajstić information content (AvgIpc) is 2.67. The van der Waals surface area contributed by atoms with Crippen LogP contribution in [-0.4, -0.2) is 49.4 Å². The van der Waals surface area contributed by atoms with E-state index in [2.05, 4.69) is 27.3 Å². The normalized spacial score (nSPS) is 21.3. The molecule has 108 valence electrons. The molecule has 1 fully saturated rings. The molecule has 0 amide bonds. The molecule has 1 aliphatic rings. The second-order valence-corrected chi connectivity index (χ2v) is 5.89. The van der Waals surface area contributed by atoms with Gasteiger partial charge in [-0.1, -0.05) is 25.7 Å². The van der Waals surface area contributed by atoms with Crippen molar-refractivity contribution in [2.45, 2.75) is 57.1 Å². The quantitative estimate of drug-likeness (QED) is 0.833. The molecule has 6 heteroatoms. The molecule has 1 heterocycles. The highest BCUT2D eigenvalue weighted by Crippen LogP contribution is 2.29. The third kappa shape index (κ3) is 3.51. The molecule has 1 aromatic rings. The van der Waals surface area contributed by atoms with Gasteiger partial charge < -0.3 is 5.11 Å². The second-order valence-electron chi connectivity index (χ2n) is 5.89. The summed E-state index contributed by atoms with van der Waals surface area (Å²) in [4.78, 5) is 2.15. The van der Waals surface area contributed by atoms with Gasteiger partial charge in [-0.05, 0) is 37.2 Å². The van der Waals surface area contributed by atoms with Gasteiger partial charge in [-0.2, -0.15) is 0 Å². The Morgan fingerprint density at radius 3 is 2.47 bits per heavy atom. The lowest BCUT2D eigenvalue weighted by atomic mass is 9.93. The van der Waals surface area contributed by atoms with Crippen molar-refractivity contribution in [3.63, 3.8) is 0 Å². The van der Waals surface area contributed by atoms with Gasteiger partial charge in [0.2, 0.25) is 0 Å². The van der Waals surface area contributed by atoms with Crippen molar-refractivity contribution in [3.8, 4) is 0 Å². The van der Waals surface area contributed by atoms with Crippen molar-refractivity contribution in [1.29, 1.82) is 0 Å². The highest BCUT2D eigenvalue weighted by molar-refractivity contribution is 4.92. The van der Waals surface area contributed by atoms with Crippen molar-refractivity contribution >= 4 is 0 Å². The summed E-state index contributed by atoms with van der Waals surface area (Å²) in [6, 6.07) is 0.104. The number of hydrogen-bond acceptors (Lipinski definition) is 5. The van der Waals surface area contributed by atoms with E-state index in [1.165, 1.54) is 12.8 Å². The Morgan fingerprint density at radius 1 is 1.32 bits per heavy atom. The first-order valence-corrected chi connectivity index (χ1v) is 7.17. The van der Waals surface area contributed by atoms with Crippen LogP contribution < -0.4 is 0 Å². The molecule has 1 atom stereocenters. The Kier molecular flexibility index (Phi) is 4.52. The molecule has 0 aliphatic heterocycles. The summed E-state index contributed by atoms with van der Waals surface area (Å²) in [5.74, 6) is 0.833. The van der Waals surface area contributed by atoms with E-state index in [9.17, 15) is 5.11 Å². The van der Waals surface area contributed by atoms with Gasteiger partial charge in [-0.3, -0.25) is 4.90 Å². The van der Waals surface area contributed by atoms with Crippen LogP contribution in [-0.2, 0) is 7.05 Å². The van der Waals surface area contributed by atoms with Gasteiger partial charge in [0.15, 0.2) is 5.82 Å². The molecule has 0 bridgehead atoms. The summed E-state index contributed by atoms with van der Waals surface area (Å²) in [5, 5.41) is 22.3. The fourth-order valence-electron chi connectivity index (χ4n) is 2.93. The van der Waals surface area contributed by atoms with Crippen molar-refractivity contribution in [2.24, 2.45) is 7.05 Å². The third-order valence-corrected chi connectivity index (χ3v) is 4.27. The number of tetrazole rings is 1. The van der Waals surface area contributed by atoms with Crippen LogP contribution >= 0.6 is 0 Å². The van der Waals surface area contributed by atoms with Gasteiger partial charge in [0.25, 0.3) is 0 Å². The zero-order valence-corrected chi connectivity index (χ0v) is 12.2. The molecule has 2 rings (SSSR count). The summed E-state index contributed by atoms with van der Waals surface area (Å²) >= 11 is 0. The molecule has 1 saturated carbocycles. The molecule has 1 unspecified atom stereocenters. The molecule has 0 saturated heterocycles. The Balaban J connectivity index is 1.99. The van der Waals surface area contributed by atoms with Crippen molar-refractivity contribution in [1.82, 2.24) is 25.1 Å². The maximum Gasteiger partial charge on any atom is 0.167 e. The van der Waals surface area contributed by atoms with E-state index in [-0.39, 0.29) is 6.04 Å². The van der Waals surface area contributed by atoms with Crippen LogP contribution in [0.4, 0.5) is 0 Å². The third-order valence-electron chi connectivity index (χ3n) is 4.27. The van der Waals surface area contributed by atoms with Crippen LogP contribution in [0.2, 0.25) is 0 Å². The first-order valence-electron chi connectivity index (χ1n) is 7.17. The maximum absolute atomic E-state index is 10.7. The van der Waals surface area contributed by atoms with Crippen molar-refractivity contribution in [2.75, 3.05) is 13.6 Å². The molecule has 6 nitrogen and oxygen atoms in total. The minimum absolute atomic E-state index is 0.104.